The Morgan fingerprint density at radius 3 is 2.75 bits per heavy atom. The Labute approximate surface area is 96.6 Å². The number of anilines is 2. The lowest BCUT2D eigenvalue weighted by Gasteiger charge is -2.08. The summed E-state index contributed by atoms with van der Waals surface area (Å²) in [5.41, 5.74) is 7.55. The van der Waals surface area contributed by atoms with Gasteiger partial charge in [-0.1, -0.05) is 0 Å². The molecule has 0 aromatic carbocycles. The zero-order valence-electron chi connectivity index (χ0n) is 10.2. The highest BCUT2D eigenvalue weighted by Crippen LogP contribution is 2.21. The molecular formula is C11H22N4O. The van der Waals surface area contributed by atoms with E-state index in [1.807, 2.05) is 18.5 Å². The molecule has 1 aromatic rings. The molecule has 0 fully saturated rings. The SMILES string of the molecule is CCn1nc(C)c(N)c1NCCCCCO. The van der Waals surface area contributed by atoms with Gasteiger partial charge in [-0.05, 0) is 33.1 Å². The number of nitrogen functional groups attached to an aromatic ring is 1. The highest BCUT2D eigenvalue weighted by Gasteiger charge is 2.09. The molecule has 0 amide bonds. The summed E-state index contributed by atoms with van der Waals surface area (Å²) in [5, 5.41) is 16.3. The third kappa shape index (κ3) is 3.13. The molecule has 0 bridgehead atoms. The first kappa shape index (κ1) is 12.8. The molecule has 0 spiro atoms. The second-order valence-corrected chi connectivity index (χ2v) is 3.87. The van der Waals surface area contributed by atoms with Crippen LogP contribution in [0.3, 0.4) is 0 Å². The number of unbranched alkanes of at least 4 members (excludes halogenated alkanes) is 2. The number of nitrogens with two attached hydrogens (primary N) is 1. The normalized spacial score (nSPS) is 10.7. The van der Waals surface area contributed by atoms with Crippen molar-refractivity contribution in [3.05, 3.63) is 5.69 Å². The van der Waals surface area contributed by atoms with Crippen LogP contribution in [0.5, 0.6) is 0 Å². The van der Waals surface area contributed by atoms with Gasteiger partial charge in [0, 0.05) is 19.7 Å². The largest absolute Gasteiger partial charge is 0.396 e. The van der Waals surface area contributed by atoms with Crippen LogP contribution in [0.4, 0.5) is 11.5 Å². The van der Waals surface area contributed by atoms with Gasteiger partial charge in [-0.15, -0.1) is 0 Å². The fourth-order valence-corrected chi connectivity index (χ4v) is 1.63. The summed E-state index contributed by atoms with van der Waals surface area (Å²) in [6.45, 7) is 5.92. The minimum Gasteiger partial charge on any atom is -0.396 e. The Kier molecular flexibility index (Phi) is 5.11. The summed E-state index contributed by atoms with van der Waals surface area (Å²) < 4.78 is 1.89. The molecule has 1 rings (SSSR count). The fraction of sp³-hybridized carbons (Fsp3) is 0.727. The van der Waals surface area contributed by atoms with Crippen molar-refractivity contribution in [1.29, 1.82) is 0 Å². The molecule has 5 heteroatoms. The minimum atomic E-state index is 0.272. The van der Waals surface area contributed by atoms with Crippen LogP contribution in [0.2, 0.25) is 0 Å². The molecule has 4 N–H and O–H groups in total. The van der Waals surface area contributed by atoms with Crippen LogP contribution in [-0.2, 0) is 6.54 Å². The molecule has 0 unspecified atom stereocenters. The second kappa shape index (κ2) is 6.37. The molecule has 92 valence electrons. The van der Waals surface area contributed by atoms with Crippen molar-refractivity contribution in [2.24, 2.45) is 0 Å². The number of nitrogens with one attached hydrogen (secondary N) is 1. The van der Waals surface area contributed by atoms with E-state index < -0.39 is 0 Å². The second-order valence-electron chi connectivity index (χ2n) is 3.87. The Morgan fingerprint density at radius 1 is 1.38 bits per heavy atom. The summed E-state index contributed by atoms with van der Waals surface area (Å²) in [6, 6.07) is 0. The molecule has 0 aliphatic rings. The predicted octanol–water partition coefficient (Wildman–Crippen LogP) is 1.37. The maximum atomic E-state index is 8.66. The van der Waals surface area contributed by atoms with Gasteiger partial charge in [0.1, 0.15) is 5.82 Å². The van der Waals surface area contributed by atoms with Crippen molar-refractivity contribution >= 4 is 11.5 Å². The van der Waals surface area contributed by atoms with E-state index in [4.69, 9.17) is 10.8 Å². The van der Waals surface area contributed by atoms with Gasteiger partial charge in [-0.25, -0.2) is 4.68 Å². The van der Waals surface area contributed by atoms with E-state index in [1.54, 1.807) is 0 Å². The molecule has 0 radical (unpaired) electrons. The van der Waals surface area contributed by atoms with Crippen LogP contribution < -0.4 is 11.1 Å². The van der Waals surface area contributed by atoms with Crippen LogP contribution in [0, 0.1) is 6.92 Å². The lowest BCUT2D eigenvalue weighted by molar-refractivity contribution is 0.283. The van der Waals surface area contributed by atoms with Crippen molar-refractivity contribution in [1.82, 2.24) is 9.78 Å². The third-order valence-electron chi connectivity index (χ3n) is 2.60. The van der Waals surface area contributed by atoms with Gasteiger partial charge in [0.15, 0.2) is 0 Å². The van der Waals surface area contributed by atoms with Crippen LogP contribution in [0.1, 0.15) is 31.9 Å². The molecular weight excluding hydrogens is 204 g/mol. The predicted molar refractivity (Wildman–Crippen MR) is 66.5 cm³/mol. The van der Waals surface area contributed by atoms with E-state index in [9.17, 15) is 0 Å². The lowest BCUT2D eigenvalue weighted by Crippen LogP contribution is -2.09. The summed E-state index contributed by atoms with van der Waals surface area (Å²) in [6.07, 6.45) is 2.93. The van der Waals surface area contributed by atoms with Crippen molar-refractivity contribution < 1.29 is 5.11 Å². The topological polar surface area (TPSA) is 76.1 Å². The van der Waals surface area contributed by atoms with Crippen molar-refractivity contribution in [3.63, 3.8) is 0 Å². The summed E-state index contributed by atoms with van der Waals surface area (Å²) in [5.74, 6) is 0.920. The van der Waals surface area contributed by atoms with Crippen LogP contribution in [0.15, 0.2) is 0 Å². The van der Waals surface area contributed by atoms with Gasteiger partial charge >= 0.3 is 0 Å². The standard InChI is InChI=1S/C11H22N4O/c1-3-15-11(10(12)9(2)14-15)13-7-5-4-6-8-16/h13,16H,3-8,12H2,1-2H3. The first-order valence-corrected chi connectivity index (χ1v) is 5.88. The van der Waals surface area contributed by atoms with Gasteiger partial charge in [0.2, 0.25) is 0 Å². The smallest absolute Gasteiger partial charge is 0.148 e. The van der Waals surface area contributed by atoms with E-state index >= 15 is 0 Å². The number of hydrogen-bond acceptors (Lipinski definition) is 4. The Balaban J connectivity index is 2.46. The van der Waals surface area contributed by atoms with Crippen molar-refractivity contribution in [2.45, 2.75) is 39.7 Å². The Hall–Kier alpha value is -1.23. The van der Waals surface area contributed by atoms with E-state index in [-0.39, 0.29) is 6.61 Å². The summed E-state index contributed by atoms with van der Waals surface area (Å²) in [4.78, 5) is 0. The average Bonchev–Trinajstić information content (AvgIpc) is 2.56. The van der Waals surface area contributed by atoms with E-state index in [2.05, 4.69) is 10.4 Å². The Bertz CT molecular complexity index is 322. The van der Waals surface area contributed by atoms with Crippen molar-refractivity contribution in [3.8, 4) is 0 Å². The summed E-state index contributed by atoms with van der Waals surface area (Å²) >= 11 is 0. The number of rotatable bonds is 7. The van der Waals surface area contributed by atoms with Crippen LogP contribution in [-0.4, -0.2) is 28.0 Å². The van der Waals surface area contributed by atoms with Gasteiger partial charge < -0.3 is 16.2 Å². The first-order valence-electron chi connectivity index (χ1n) is 5.88. The highest BCUT2D eigenvalue weighted by molar-refractivity contribution is 5.64. The van der Waals surface area contributed by atoms with Crippen LogP contribution in [0.25, 0.3) is 0 Å². The molecule has 1 aromatic heterocycles. The van der Waals surface area contributed by atoms with Gasteiger partial charge in [-0.3, -0.25) is 0 Å². The zero-order chi connectivity index (χ0) is 12.0. The number of aliphatic hydroxyl groups excluding tert-OH is 1. The molecule has 0 saturated heterocycles. The maximum absolute atomic E-state index is 8.66. The molecule has 0 aliphatic carbocycles. The molecule has 0 atom stereocenters. The maximum Gasteiger partial charge on any atom is 0.148 e. The first-order chi connectivity index (χ1) is 7.70. The number of aryl methyl sites for hydroxylation is 2. The molecule has 16 heavy (non-hydrogen) atoms. The van der Waals surface area contributed by atoms with Gasteiger partial charge in [0.05, 0.1) is 11.4 Å². The monoisotopic (exact) mass is 226 g/mol. The summed E-state index contributed by atoms with van der Waals surface area (Å²) in [7, 11) is 0. The highest BCUT2D eigenvalue weighted by atomic mass is 16.2. The molecule has 5 nitrogen and oxygen atoms in total. The van der Waals surface area contributed by atoms with Gasteiger partial charge in [0.25, 0.3) is 0 Å². The number of aliphatic hydroxyl groups is 1. The fourth-order valence-electron chi connectivity index (χ4n) is 1.63. The minimum absolute atomic E-state index is 0.272. The van der Waals surface area contributed by atoms with Crippen molar-refractivity contribution in [2.75, 3.05) is 24.2 Å². The number of aromatic nitrogens is 2. The number of nitrogens with zero attached hydrogens (tertiary/aromatic N) is 2. The molecule has 0 saturated carbocycles. The molecule has 0 aliphatic heterocycles. The van der Waals surface area contributed by atoms with E-state index in [0.29, 0.717) is 0 Å². The third-order valence-corrected chi connectivity index (χ3v) is 2.60. The van der Waals surface area contributed by atoms with E-state index in [0.717, 1.165) is 49.6 Å². The Morgan fingerprint density at radius 2 is 2.12 bits per heavy atom. The molecule has 1 heterocycles. The lowest BCUT2D eigenvalue weighted by atomic mass is 10.2. The average molecular weight is 226 g/mol. The van der Waals surface area contributed by atoms with Crippen LogP contribution >= 0.6 is 0 Å². The van der Waals surface area contributed by atoms with E-state index in [1.165, 1.54) is 0 Å². The quantitative estimate of drug-likeness (QED) is 0.614. The zero-order valence-corrected chi connectivity index (χ0v) is 10.2. The van der Waals surface area contributed by atoms with Gasteiger partial charge in [-0.2, -0.15) is 5.10 Å². The number of hydrogen-bond donors (Lipinski definition) is 3.